The molecule has 21 heteroatoms. The molecule has 3 aromatic carbocycles. The lowest BCUT2D eigenvalue weighted by Gasteiger charge is -2.49. The summed E-state index contributed by atoms with van der Waals surface area (Å²) in [5, 5.41) is 8.19. The number of ether oxygens (including phenoxy) is 5. The molecule has 6 rings (SSSR count). The molecule has 0 aliphatic carbocycles. The van der Waals surface area contributed by atoms with Crippen molar-refractivity contribution in [3.8, 4) is 5.75 Å². The smallest absolute Gasteiger partial charge is 0.413 e. The van der Waals surface area contributed by atoms with Crippen LogP contribution in [0.25, 0.3) is 0 Å². The molecule has 0 spiro atoms. The molecule has 17 nitrogen and oxygen atoms in total. The molecule has 1 saturated heterocycles. The molecular formula is C47H49Cl2N5O12S2. The Morgan fingerprint density at radius 1 is 0.897 bits per heavy atom. The van der Waals surface area contributed by atoms with Crippen molar-refractivity contribution in [3.05, 3.63) is 123 Å². The molecule has 0 unspecified atom stereocenters. The number of carbonyl (C=O) groups is 6. The Kier molecular flexibility index (Phi) is 16.8. The van der Waals surface area contributed by atoms with Crippen LogP contribution in [0.4, 0.5) is 9.93 Å². The minimum atomic E-state index is -1.78. The molecule has 3 atom stereocenters. The zero-order valence-electron chi connectivity index (χ0n) is 38.0. The predicted octanol–water partition coefficient (Wildman–Crippen LogP) is 7.94. The van der Waals surface area contributed by atoms with Gasteiger partial charge in [-0.2, -0.15) is 0 Å². The molecular weight excluding hydrogens is 962 g/mol. The Balaban J connectivity index is 1.28. The third-order valence-electron chi connectivity index (χ3n) is 9.60. The van der Waals surface area contributed by atoms with E-state index in [0.29, 0.717) is 28.0 Å². The second-order valence-corrected chi connectivity index (χ2v) is 20.1. The topological polar surface area (TPSA) is 210 Å². The first-order valence-electron chi connectivity index (χ1n) is 21.0. The van der Waals surface area contributed by atoms with E-state index in [4.69, 9.17) is 51.7 Å². The molecule has 0 saturated carbocycles. The normalized spacial score (nSPS) is 16.5. The zero-order valence-corrected chi connectivity index (χ0v) is 41.2. The number of carbonyl (C=O) groups excluding carboxylic acids is 6. The number of amides is 3. The molecule has 0 radical (unpaired) electrons. The monoisotopic (exact) mass is 1010 g/mol. The maximum atomic E-state index is 14.4. The fourth-order valence-electron chi connectivity index (χ4n) is 6.60. The molecule has 2 N–H and O–H groups in total. The molecule has 1 aromatic heterocycles. The van der Waals surface area contributed by atoms with Crippen molar-refractivity contribution in [1.29, 1.82) is 0 Å². The third kappa shape index (κ3) is 13.3. The lowest BCUT2D eigenvalue weighted by molar-refractivity contribution is -0.169. The van der Waals surface area contributed by atoms with Crippen LogP contribution in [0.15, 0.2) is 101 Å². The van der Waals surface area contributed by atoms with Crippen LogP contribution in [0, 0.1) is 0 Å². The van der Waals surface area contributed by atoms with Crippen LogP contribution in [-0.4, -0.2) is 98.9 Å². The molecule has 68 heavy (non-hydrogen) atoms. The number of thioether (sulfide) groups is 1. The lowest BCUT2D eigenvalue weighted by Crippen LogP contribution is -2.71. The number of anilines is 1. The maximum absolute atomic E-state index is 14.4. The fraction of sp³-hybridized carbons (Fsp3) is 0.362. The van der Waals surface area contributed by atoms with Crippen molar-refractivity contribution in [2.45, 2.75) is 89.4 Å². The summed E-state index contributed by atoms with van der Waals surface area (Å²) in [4.78, 5) is 93.3. The van der Waals surface area contributed by atoms with Crippen LogP contribution < -0.4 is 15.4 Å². The quantitative estimate of drug-likeness (QED) is 0.0257. The molecule has 4 aromatic rings. The number of hydrogen-bond donors (Lipinski definition) is 2. The number of halogens is 2. The number of fused-ring (bicyclic) bond motifs is 1. The summed E-state index contributed by atoms with van der Waals surface area (Å²) in [6.07, 6.45) is -4.19. The maximum Gasteiger partial charge on any atom is 0.413 e. The van der Waals surface area contributed by atoms with Gasteiger partial charge in [-0.3, -0.25) is 24.6 Å². The number of alkyl halides is 1. The summed E-state index contributed by atoms with van der Waals surface area (Å²) in [5.74, 6) is -3.74. The van der Waals surface area contributed by atoms with Crippen LogP contribution in [0.3, 0.4) is 0 Å². The van der Waals surface area contributed by atoms with E-state index in [1.54, 1.807) is 65.8 Å². The first-order valence-corrected chi connectivity index (χ1v) is 23.8. The highest BCUT2D eigenvalue weighted by atomic mass is 35.5. The van der Waals surface area contributed by atoms with Gasteiger partial charge in [0.15, 0.2) is 16.9 Å². The van der Waals surface area contributed by atoms with Gasteiger partial charge in [0.05, 0.1) is 13.5 Å². The number of oxime groups is 1. The van der Waals surface area contributed by atoms with Gasteiger partial charge in [0.25, 0.3) is 11.8 Å². The molecule has 3 heterocycles. The highest BCUT2D eigenvalue weighted by molar-refractivity contribution is 8.00. The van der Waals surface area contributed by atoms with E-state index in [-0.39, 0.29) is 39.1 Å². The summed E-state index contributed by atoms with van der Waals surface area (Å²) >= 11 is 15.0. The predicted molar refractivity (Wildman–Crippen MR) is 255 cm³/mol. The van der Waals surface area contributed by atoms with E-state index in [9.17, 15) is 28.8 Å². The van der Waals surface area contributed by atoms with Gasteiger partial charge in [-0.1, -0.05) is 101 Å². The largest absolute Gasteiger partial charge is 0.497 e. The van der Waals surface area contributed by atoms with E-state index >= 15 is 0 Å². The van der Waals surface area contributed by atoms with Crippen LogP contribution in [0.5, 0.6) is 5.75 Å². The summed E-state index contributed by atoms with van der Waals surface area (Å²) in [5.41, 5.74) is -0.442. The standard InChI is InChI=1S/C47H49Cl2N5O12S2/c1-46(2,3)64-32(55)22-31(42(58)62-24-26-18-20-30(61-7)21-19-26)66-53-34(33-38(49)68-44(51-33)52-45(60)65-47(4,5)6)39(56)50-35-40(57)54-36(29(23-48)25-67-41(35)54)43(59)63-37(27-14-10-8-11-15-27)28-16-12-9-13-17-28/h8-21,31,35,37,41H,22-25H2,1-7H3,(H,50,56)(H,51,52,60)/t31-,35+,41+/m0/s1. The highest BCUT2D eigenvalue weighted by Gasteiger charge is 2.55. The van der Waals surface area contributed by atoms with Gasteiger partial charge in [0.2, 0.25) is 6.10 Å². The Morgan fingerprint density at radius 3 is 2.09 bits per heavy atom. The van der Waals surface area contributed by atoms with Gasteiger partial charge in [-0.15, -0.1) is 23.4 Å². The average molecular weight is 1010 g/mol. The van der Waals surface area contributed by atoms with Gasteiger partial charge in [0.1, 0.15) is 50.7 Å². The van der Waals surface area contributed by atoms with Gasteiger partial charge >= 0.3 is 24.0 Å². The second kappa shape index (κ2) is 22.3. The molecule has 0 bridgehead atoms. The molecule has 360 valence electrons. The Hall–Kier alpha value is -6.15. The summed E-state index contributed by atoms with van der Waals surface area (Å²) in [6, 6.07) is 23.7. The van der Waals surface area contributed by atoms with Gasteiger partial charge in [-0.05, 0) is 75.9 Å². The SMILES string of the molecule is COc1ccc(COC(=O)[C@H](CC(=O)OC(C)(C)C)ON=C(C(=O)N[C@@H]2C(=O)N3C(C(=O)OC(c4ccccc4)c4ccccc4)=C(CCl)CS[C@H]23)c2nc(NC(=O)OC(C)(C)C)sc2Cl)cc1. The van der Waals surface area contributed by atoms with Crippen molar-refractivity contribution in [1.82, 2.24) is 15.2 Å². The van der Waals surface area contributed by atoms with E-state index in [2.05, 4.69) is 20.8 Å². The summed E-state index contributed by atoms with van der Waals surface area (Å²) < 4.78 is 27.4. The van der Waals surface area contributed by atoms with Crippen molar-refractivity contribution in [2.24, 2.45) is 5.16 Å². The van der Waals surface area contributed by atoms with Crippen molar-refractivity contribution in [3.63, 3.8) is 0 Å². The van der Waals surface area contributed by atoms with Crippen LogP contribution >= 0.6 is 46.3 Å². The minimum absolute atomic E-state index is 0.0492. The van der Waals surface area contributed by atoms with E-state index < -0.39 is 82.8 Å². The molecule has 1 fully saturated rings. The van der Waals surface area contributed by atoms with Crippen molar-refractivity contribution < 1.29 is 57.3 Å². The number of methoxy groups -OCH3 is 1. The Morgan fingerprint density at radius 2 is 1.51 bits per heavy atom. The van der Waals surface area contributed by atoms with E-state index in [1.807, 2.05) is 60.7 Å². The minimum Gasteiger partial charge on any atom is -0.497 e. The average Bonchev–Trinajstić information content (AvgIpc) is 3.65. The second-order valence-electron chi connectivity index (χ2n) is 17.1. The number of thiazole rings is 1. The molecule has 3 amide bonds. The third-order valence-corrected chi connectivity index (χ3v) is 12.4. The van der Waals surface area contributed by atoms with E-state index in [1.165, 1.54) is 23.8 Å². The number of hydrogen-bond acceptors (Lipinski definition) is 16. The van der Waals surface area contributed by atoms with Crippen LogP contribution in [0.1, 0.15) is 76.5 Å². The van der Waals surface area contributed by atoms with Gasteiger partial charge in [0, 0.05) is 11.6 Å². The molecule has 2 aliphatic rings. The van der Waals surface area contributed by atoms with Crippen LogP contribution in [-0.2, 0) is 54.4 Å². The van der Waals surface area contributed by atoms with Crippen molar-refractivity contribution >= 4 is 93.0 Å². The fourth-order valence-corrected chi connectivity index (χ4v) is 9.31. The first-order chi connectivity index (χ1) is 32.2. The van der Waals surface area contributed by atoms with E-state index in [0.717, 1.165) is 11.3 Å². The highest BCUT2D eigenvalue weighted by Crippen LogP contribution is 2.42. The number of rotatable bonds is 17. The number of aromatic nitrogens is 1. The lowest BCUT2D eigenvalue weighted by atomic mass is 10.0. The number of esters is 3. The Labute approximate surface area is 410 Å². The Bertz CT molecular complexity index is 2520. The van der Waals surface area contributed by atoms with Gasteiger partial charge < -0.3 is 33.8 Å². The van der Waals surface area contributed by atoms with Gasteiger partial charge in [-0.25, -0.2) is 19.4 Å². The first kappa shape index (κ1) is 51.2. The summed E-state index contributed by atoms with van der Waals surface area (Å²) in [6.45, 7) is 9.64. The number of nitrogens with one attached hydrogen (secondary N) is 2. The van der Waals surface area contributed by atoms with Crippen LogP contribution in [0.2, 0.25) is 4.34 Å². The zero-order chi connectivity index (χ0) is 49.3. The van der Waals surface area contributed by atoms with Crippen molar-refractivity contribution in [2.75, 3.05) is 24.1 Å². The number of benzene rings is 3. The number of nitrogens with zero attached hydrogens (tertiary/aromatic N) is 3. The number of β-lactam (4-membered cyclic amide) rings is 1. The molecule has 2 aliphatic heterocycles. The summed E-state index contributed by atoms with van der Waals surface area (Å²) in [7, 11) is 1.51.